The summed E-state index contributed by atoms with van der Waals surface area (Å²) in [5.41, 5.74) is 3.98. The number of aromatic nitrogens is 1. The van der Waals surface area contributed by atoms with Crippen LogP contribution in [0.3, 0.4) is 0 Å². The van der Waals surface area contributed by atoms with Crippen LogP contribution in [0.2, 0.25) is 0 Å². The van der Waals surface area contributed by atoms with Gasteiger partial charge in [0, 0.05) is 30.7 Å². The second-order valence-electron chi connectivity index (χ2n) is 10.2. The molecule has 0 spiro atoms. The summed E-state index contributed by atoms with van der Waals surface area (Å²) in [5.74, 6) is 0. The van der Waals surface area contributed by atoms with Crippen molar-refractivity contribution in [1.29, 1.82) is 0 Å². The van der Waals surface area contributed by atoms with Gasteiger partial charge in [0.15, 0.2) is 0 Å². The van der Waals surface area contributed by atoms with E-state index < -0.39 is 5.60 Å². The third-order valence-electron chi connectivity index (χ3n) is 6.33. The highest BCUT2D eigenvalue weighted by atomic mass is 16.6. The summed E-state index contributed by atoms with van der Waals surface area (Å²) in [4.78, 5) is 15.4. The van der Waals surface area contributed by atoms with Crippen LogP contribution in [0.1, 0.15) is 50.4 Å². The number of carbonyl (C=O) groups excluding carboxylic acids is 1. The van der Waals surface area contributed by atoms with Crippen LogP contribution in [-0.4, -0.2) is 34.3 Å². The molecule has 1 aromatic heterocycles. The minimum atomic E-state index is -0.546. The van der Waals surface area contributed by atoms with E-state index >= 15 is 0 Å². The van der Waals surface area contributed by atoms with Gasteiger partial charge in [0.1, 0.15) is 5.60 Å². The smallest absolute Gasteiger partial charge is 0.419 e. The van der Waals surface area contributed by atoms with Crippen LogP contribution in [0.4, 0.5) is 4.79 Å². The number of benzene rings is 3. The van der Waals surface area contributed by atoms with Crippen molar-refractivity contribution in [3.05, 3.63) is 114 Å². The number of ether oxygens (including phenoxy) is 1. The van der Waals surface area contributed by atoms with Gasteiger partial charge in [-0.05, 0) is 56.9 Å². The van der Waals surface area contributed by atoms with Gasteiger partial charge in [0.05, 0.1) is 5.52 Å². The SMILES string of the molecule is C[C@@H](c1ccccc1)N(C/C=C/c1ccccc1)CCc1cn(C(=O)OC(C)(C)C)c2ccccc12. The molecule has 1 heterocycles. The van der Waals surface area contributed by atoms with Gasteiger partial charge >= 0.3 is 6.09 Å². The maximum absolute atomic E-state index is 12.9. The predicted molar refractivity (Wildman–Crippen MR) is 149 cm³/mol. The average molecular weight is 481 g/mol. The van der Waals surface area contributed by atoms with E-state index in [9.17, 15) is 4.79 Å². The third-order valence-corrected chi connectivity index (χ3v) is 6.33. The summed E-state index contributed by atoms with van der Waals surface area (Å²) in [6.07, 6.45) is 6.85. The van der Waals surface area contributed by atoms with Crippen molar-refractivity contribution in [1.82, 2.24) is 9.47 Å². The Hall–Kier alpha value is -3.63. The molecule has 0 N–H and O–H groups in total. The number of fused-ring (bicyclic) bond motifs is 1. The van der Waals surface area contributed by atoms with E-state index in [1.807, 2.05) is 51.2 Å². The first kappa shape index (κ1) is 25.5. The maximum Gasteiger partial charge on any atom is 0.419 e. The third kappa shape index (κ3) is 6.52. The van der Waals surface area contributed by atoms with Crippen LogP contribution in [-0.2, 0) is 11.2 Å². The number of carbonyl (C=O) groups is 1. The first-order chi connectivity index (χ1) is 17.3. The molecule has 1 atom stereocenters. The van der Waals surface area contributed by atoms with Crippen molar-refractivity contribution in [2.24, 2.45) is 0 Å². The molecule has 36 heavy (non-hydrogen) atoms. The van der Waals surface area contributed by atoms with Crippen molar-refractivity contribution < 1.29 is 9.53 Å². The number of hydrogen-bond donors (Lipinski definition) is 0. The van der Waals surface area contributed by atoms with Gasteiger partial charge in [0.2, 0.25) is 0 Å². The van der Waals surface area contributed by atoms with Gasteiger partial charge in [-0.15, -0.1) is 0 Å². The predicted octanol–water partition coefficient (Wildman–Crippen LogP) is 7.74. The van der Waals surface area contributed by atoms with E-state index in [4.69, 9.17) is 4.74 Å². The van der Waals surface area contributed by atoms with E-state index in [1.165, 1.54) is 11.1 Å². The lowest BCUT2D eigenvalue weighted by Crippen LogP contribution is -2.29. The summed E-state index contributed by atoms with van der Waals surface area (Å²) in [6.45, 7) is 9.62. The molecule has 186 valence electrons. The zero-order valence-electron chi connectivity index (χ0n) is 21.7. The molecule has 0 fully saturated rings. The molecule has 0 aliphatic heterocycles. The van der Waals surface area contributed by atoms with Gasteiger partial charge in [-0.3, -0.25) is 9.47 Å². The Morgan fingerprint density at radius 2 is 1.58 bits per heavy atom. The van der Waals surface area contributed by atoms with Crippen LogP contribution in [0.15, 0.2) is 97.2 Å². The number of rotatable bonds is 8. The lowest BCUT2D eigenvalue weighted by atomic mass is 10.1. The molecular formula is C32H36N2O2. The Morgan fingerprint density at radius 1 is 0.944 bits per heavy atom. The lowest BCUT2D eigenvalue weighted by molar-refractivity contribution is 0.0544. The van der Waals surface area contributed by atoms with Crippen LogP contribution >= 0.6 is 0 Å². The summed E-state index contributed by atoms with van der Waals surface area (Å²) >= 11 is 0. The lowest BCUT2D eigenvalue weighted by Gasteiger charge is -2.28. The standard InChI is InChI=1S/C32H36N2O2/c1-25(27-17-9-6-10-18-27)33(22-13-16-26-14-7-5-8-15-26)23-21-28-24-34(31(35)36-32(2,3)4)30-20-12-11-19-29(28)30/h5-20,24-25H,21-23H2,1-4H3/b16-13+/t25-/m0/s1. The van der Waals surface area contributed by atoms with E-state index in [0.29, 0.717) is 0 Å². The van der Waals surface area contributed by atoms with E-state index in [2.05, 4.69) is 84.6 Å². The van der Waals surface area contributed by atoms with Crippen molar-refractivity contribution in [3.63, 3.8) is 0 Å². The first-order valence-corrected chi connectivity index (χ1v) is 12.6. The fourth-order valence-corrected chi connectivity index (χ4v) is 4.45. The van der Waals surface area contributed by atoms with Gasteiger partial charge in [-0.25, -0.2) is 4.79 Å². The molecule has 0 bridgehead atoms. The molecule has 4 rings (SSSR count). The summed E-state index contributed by atoms with van der Waals surface area (Å²) in [6, 6.07) is 29.3. The number of nitrogens with zero attached hydrogens (tertiary/aromatic N) is 2. The Morgan fingerprint density at radius 3 is 2.28 bits per heavy atom. The second-order valence-corrected chi connectivity index (χ2v) is 10.2. The van der Waals surface area contributed by atoms with Crippen LogP contribution in [0.5, 0.6) is 0 Å². The van der Waals surface area contributed by atoms with Crippen molar-refractivity contribution in [3.8, 4) is 0 Å². The number of para-hydroxylation sites is 1. The van der Waals surface area contributed by atoms with Gasteiger partial charge < -0.3 is 4.74 Å². The Balaban J connectivity index is 1.57. The molecule has 3 aromatic carbocycles. The topological polar surface area (TPSA) is 34.5 Å². The van der Waals surface area contributed by atoms with E-state index in [-0.39, 0.29) is 12.1 Å². The molecule has 0 amide bonds. The molecule has 0 aliphatic rings. The van der Waals surface area contributed by atoms with Crippen molar-refractivity contribution >= 4 is 23.1 Å². The molecule has 0 aliphatic carbocycles. The zero-order chi connectivity index (χ0) is 25.5. The monoisotopic (exact) mass is 480 g/mol. The molecule has 4 heteroatoms. The summed E-state index contributed by atoms with van der Waals surface area (Å²) in [7, 11) is 0. The maximum atomic E-state index is 12.9. The number of hydrogen-bond acceptors (Lipinski definition) is 3. The average Bonchev–Trinajstić information content (AvgIpc) is 3.25. The van der Waals surface area contributed by atoms with E-state index in [1.54, 1.807) is 4.57 Å². The largest absolute Gasteiger partial charge is 0.443 e. The Kier molecular flexibility index (Phi) is 8.07. The van der Waals surface area contributed by atoms with Crippen molar-refractivity contribution in [2.45, 2.75) is 45.8 Å². The summed E-state index contributed by atoms with van der Waals surface area (Å²) < 4.78 is 7.32. The Bertz CT molecular complexity index is 1300. The molecule has 0 saturated carbocycles. The fourth-order valence-electron chi connectivity index (χ4n) is 4.45. The van der Waals surface area contributed by atoms with Crippen LogP contribution in [0, 0.1) is 0 Å². The fraction of sp³-hybridized carbons (Fsp3) is 0.281. The molecule has 0 saturated heterocycles. The molecule has 4 aromatic rings. The van der Waals surface area contributed by atoms with Gasteiger partial charge in [-0.1, -0.05) is 91.0 Å². The van der Waals surface area contributed by atoms with Gasteiger partial charge in [-0.2, -0.15) is 0 Å². The minimum absolute atomic E-state index is 0.255. The first-order valence-electron chi connectivity index (χ1n) is 12.6. The highest BCUT2D eigenvalue weighted by molar-refractivity contribution is 5.92. The Labute approximate surface area is 214 Å². The molecule has 0 radical (unpaired) electrons. The van der Waals surface area contributed by atoms with Crippen molar-refractivity contribution in [2.75, 3.05) is 13.1 Å². The highest BCUT2D eigenvalue weighted by Crippen LogP contribution is 2.25. The second kappa shape index (κ2) is 11.4. The summed E-state index contributed by atoms with van der Waals surface area (Å²) in [5, 5.41) is 1.09. The zero-order valence-corrected chi connectivity index (χ0v) is 21.7. The minimum Gasteiger partial charge on any atom is -0.443 e. The van der Waals surface area contributed by atoms with Crippen LogP contribution < -0.4 is 0 Å². The normalized spacial score (nSPS) is 12.9. The van der Waals surface area contributed by atoms with Gasteiger partial charge in [0.25, 0.3) is 0 Å². The van der Waals surface area contributed by atoms with E-state index in [0.717, 1.165) is 36.0 Å². The molecule has 0 unspecified atom stereocenters. The quantitative estimate of drug-likeness (QED) is 0.259. The molecular weight excluding hydrogens is 444 g/mol. The van der Waals surface area contributed by atoms with Crippen LogP contribution in [0.25, 0.3) is 17.0 Å². The highest BCUT2D eigenvalue weighted by Gasteiger charge is 2.21. The molecule has 4 nitrogen and oxygen atoms in total.